The third-order valence-electron chi connectivity index (χ3n) is 9.33. The summed E-state index contributed by atoms with van der Waals surface area (Å²) < 4.78 is 24.4. The Morgan fingerprint density at radius 3 is 2.62 bits per heavy atom. The van der Waals surface area contributed by atoms with Gasteiger partial charge in [-0.15, -0.1) is 11.3 Å². The summed E-state index contributed by atoms with van der Waals surface area (Å²) in [6.45, 7) is 9.81. The third-order valence-corrected chi connectivity index (χ3v) is 10.5. The number of likely N-dealkylation sites (N-methyl/N-ethyl adjacent to an activating group) is 1. The Hall–Kier alpha value is -4.22. The summed E-state index contributed by atoms with van der Waals surface area (Å²) in [4.78, 5) is 33.9. The molecule has 2 saturated heterocycles. The Morgan fingerprint density at radius 2 is 1.94 bits per heavy atom. The summed E-state index contributed by atoms with van der Waals surface area (Å²) >= 11 is 1.56. The molecule has 0 unspecified atom stereocenters. The fraction of sp³-hybridized carbons (Fsp3) is 0.611. The van der Waals surface area contributed by atoms with Crippen LogP contribution in [0.5, 0.6) is 11.6 Å². The zero-order chi connectivity index (χ0) is 35.6. The average Bonchev–Trinajstić information content (AvgIpc) is 3.81. The fourth-order valence-electron chi connectivity index (χ4n) is 6.93. The van der Waals surface area contributed by atoms with Gasteiger partial charge in [-0.05, 0) is 79.0 Å². The number of thiophene rings is 1. The van der Waals surface area contributed by atoms with Crippen molar-refractivity contribution in [1.82, 2.24) is 29.8 Å². The number of carbonyl (C=O) groups excluding carboxylic acids is 1. The molecule has 50 heavy (non-hydrogen) atoms. The third kappa shape index (κ3) is 8.21. The van der Waals surface area contributed by atoms with Gasteiger partial charge in [0.1, 0.15) is 40.3 Å². The predicted octanol–water partition coefficient (Wildman–Crippen LogP) is 6.39. The minimum Gasteiger partial charge on any atom is -0.490 e. The molecule has 1 aliphatic carbocycles. The highest BCUT2D eigenvalue weighted by Crippen LogP contribution is 2.46. The number of ether oxygens (including phenoxy) is 3. The molecule has 268 valence electrons. The Kier molecular flexibility index (Phi) is 10.6. The van der Waals surface area contributed by atoms with Gasteiger partial charge in [0.15, 0.2) is 0 Å². The van der Waals surface area contributed by atoms with E-state index in [9.17, 15) is 10.1 Å². The van der Waals surface area contributed by atoms with Crippen LogP contribution in [0.1, 0.15) is 94.0 Å². The van der Waals surface area contributed by atoms with Gasteiger partial charge in [-0.2, -0.15) is 10.2 Å². The van der Waals surface area contributed by atoms with Crippen LogP contribution in [-0.4, -0.2) is 107 Å². The van der Waals surface area contributed by atoms with Crippen LogP contribution in [0.2, 0.25) is 0 Å². The van der Waals surface area contributed by atoms with Crippen molar-refractivity contribution in [1.29, 1.82) is 5.26 Å². The van der Waals surface area contributed by atoms with Gasteiger partial charge in [-0.3, -0.25) is 4.90 Å². The van der Waals surface area contributed by atoms with Gasteiger partial charge in [-0.25, -0.2) is 14.8 Å². The number of rotatable bonds is 9. The van der Waals surface area contributed by atoms with Gasteiger partial charge in [0.05, 0.1) is 17.8 Å². The molecule has 14 heteroatoms. The summed E-state index contributed by atoms with van der Waals surface area (Å²) in [5.74, 6) is 1.58. The number of aromatic nitrogens is 3. The van der Waals surface area contributed by atoms with Crippen molar-refractivity contribution in [2.45, 2.75) is 102 Å². The monoisotopic (exact) mass is 704 g/mol. The second-order valence-electron chi connectivity index (χ2n) is 14.7. The largest absolute Gasteiger partial charge is 0.490 e. The second kappa shape index (κ2) is 14.9. The first-order valence-electron chi connectivity index (χ1n) is 17.5. The number of amides is 1. The highest BCUT2D eigenvalue weighted by atomic mass is 32.1. The molecule has 0 bridgehead atoms. The molecule has 13 nitrogen and oxygen atoms in total. The van der Waals surface area contributed by atoms with E-state index < -0.39 is 5.60 Å². The first-order valence-corrected chi connectivity index (χ1v) is 18.3. The number of hydrogen-bond donors (Lipinski definition) is 0. The van der Waals surface area contributed by atoms with Crippen LogP contribution < -0.4 is 9.47 Å². The van der Waals surface area contributed by atoms with E-state index in [0.29, 0.717) is 65.5 Å². The zero-order valence-corrected chi connectivity index (χ0v) is 31.0. The molecule has 0 N–H and O–H groups in total. The van der Waals surface area contributed by atoms with Crippen molar-refractivity contribution in [2.75, 3.05) is 40.8 Å². The summed E-state index contributed by atoms with van der Waals surface area (Å²) in [6, 6.07) is 6.32. The number of aryl methyl sites for hydroxylation is 1. The molecule has 2 fully saturated rings. The van der Waals surface area contributed by atoms with Crippen LogP contribution in [0.3, 0.4) is 0 Å². The van der Waals surface area contributed by atoms with E-state index in [4.69, 9.17) is 28.7 Å². The molecule has 0 aromatic carbocycles. The van der Waals surface area contributed by atoms with E-state index in [0.717, 1.165) is 49.1 Å². The van der Waals surface area contributed by atoms with Crippen LogP contribution in [0.25, 0.3) is 11.5 Å². The number of fused-ring (bicyclic) bond motifs is 1. The maximum absolute atomic E-state index is 12.6. The normalized spacial score (nSPS) is 20.8. The van der Waals surface area contributed by atoms with Gasteiger partial charge in [-0.1, -0.05) is 5.16 Å². The summed E-state index contributed by atoms with van der Waals surface area (Å²) in [6.07, 6.45) is 7.34. The van der Waals surface area contributed by atoms with Crippen LogP contribution in [-0.2, 0) is 11.2 Å². The molecule has 0 spiro atoms. The molecule has 3 atom stereocenters. The molecular weight excluding hydrogens is 657 g/mol. The highest BCUT2D eigenvalue weighted by molar-refractivity contribution is 7.16. The molecule has 6 rings (SSSR count). The maximum atomic E-state index is 12.6. The summed E-state index contributed by atoms with van der Waals surface area (Å²) in [5.41, 5.74) is 1.44. The summed E-state index contributed by atoms with van der Waals surface area (Å²) in [5, 5.41) is 15.2. The molecule has 3 aromatic rings. The number of piperidine rings is 1. The number of nitriles is 1. The van der Waals surface area contributed by atoms with Gasteiger partial charge in [0.25, 0.3) is 0 Å². The number of nitrogens with zero attached hydrogens (tertiary/aromatic N) is 8. The first-order chi connectivity index (χ1) is 23.9. The van der Waals surface area contributed by atoms with E-state index in [1.54, 1.807) is 22.6 Å². The standard InChI is InChI=1S/C36H48N8O5S/c1-22(28-11-9-15-43(28)7)46-30-19-24(47-23-13-16-44(17-14-23)35(45)48-36(2,3)4)18-27(39-30)32-40-33(49-41-32)25-10-8-12-29-31(25)26(20-37)34(50-29)38-21-42(5)6/h18-19,21-23,25,28H,8-17H2,1-7H3/b38-21+/t22-,25-,28-/m0/s1. The molecule has 3 aromatic heterocycles. The van der Waals surface area contributed by atoms with Crippen molar-refractivity contribution in [3.8, 4) is 29.2 Å². The van der Waals surface area contributed by atoms with Gasteiger partial charge >= 0.3 is 6.09 Å². The highest BCUT2D eigenvalue weighted by Gasteiger charge is 2.34. The Bertz CT molecular complexity index is 1730. The molecule has 0 saturated carbocycles. The number of likely N-dealkylation sites (tertiary alicyclic amines) is 2. The van der Waals surface area contributed by atoms with Crippen LogP contribution >= 0.6 is 11.3 Å². The predicted molar refractivity (Wildman–Crippen MR) is 190 cm³/mol. The van der Waals surface area contributed by atoms with Crippen molar-refractivity contribution in [3.05, 3.63) is 34.0 Å². The van der Waals surface area contributed by atoms with Gasteiger partial charge in [0, 0.05) is 63.1 Å². The van der Waals surface area contributed by atoms with Gasteiger partial charge < -0.3 is 28.5 Å². The molecule has 1 amide bonds. The average molecular weight is 705 g/mol. The number of aliphatic imine (C=N–C) groups is 1. The Morgan fingerprint density at radius 1 is 1.16 bits per heavy atom. The van der Waals surface area contributed by atoms with E-state index in [1.807, 2.05) is 51.9 Å². The molecule has 5 heterocycles. The minimum atomic E-state index is -0.544. The zero-order valence-electron chi connectivity index (χ0n) is 30.1. The Labute approximate surface area is 298 Å². The maximum Gasteiger partial charge on any atom is 0.410 e. The second-order valence-corrected chi connectivity index (χ2v) is 15.7. The quantitative estimate of drug-likeness (QED) is 0.181. The van der Waals surface area contributed by atoms with E-state index in [-0.39, 0.29) is 30.3 Å². The topological polar surface area (TPSA) is 142 Å². The van der Waals surface area contributed by atoms with Crippen molar-refractivity contribution in [2.24, 2.45) is 4.99 Å². The lowest BCUT2D eigenvalue weighted by Gasteiger charge is -2.33. The van der Waals surface area contributed by atoms with Crippen molar-refractivity contribution >= 4 is 28.8 Å². The minimum absolute atomic E-state index is 0.0935. The van der Waals surface area contributed by atoms with Crippen LogP contribution in [0.4, 0.5) is 9.80 Å². The summed E-state index contributed by atoms with van der Waals surface area (Å²) in [7, 11) is 5.93. The van der Waals surface area contributed by atoms with E-state index in [2.05, 4.69) is 35.1 Å². The smallest absolute Gasteiger partial charge is 0.410 e. The Balaban J connectivity index is 1.25. The molecule has 3 aliphatic rings. The fourth-order valence-corrected chi connectivity index (χ4v) is 8.13. The first kappa shape index (κ1) is 35.6. The van der Waals surface area contributed by atoms with E-state index in [1.165, 1.54) is 0 Å². The van der Waals surface area contributed by atoms with Crippen LogP contribution in [0.15, 0.2) is 21.6 Å². The van der Waals surface area contributed by atoms with E-state index >= 15 is 0 Å². The lowest BCUT2D eigenvalue weighted by molar-refractivity contribution is 0.0126. The lowest BCUT2D eigenvalue weighted by Crippen LogP contribution is -2.44. The lowest BCUT2D eigenvalue weighted by atomic mass is 9.85. The SMILES string of the molecule is C[C@H](Oc1cc(OC2CCN(C(=O)OC(C)(C)C)CC2)cc(-c2noc([C@H]3CCCc4sc(/N=C/N(C)C)c(C#N)c43)n2)n1)[C@@H]1CCCN1C. The number of pyridine rings is 1. The van der Waals surface area contributed by atoms with Crippen molar-refractivity contribution < 1.29 is 23.5 Å². The van der Waals surface area contributed by atoms with Crippen molar-refractivity contribution in [3.63, 3.8) is 0 Å². The molecule has 0 radical (unpaired) electrons. The molecular formula is C36H48N8O5S. The molecule has 2 aliphatic heterocycles. The number of hydrogen-bond acceptors (Lipinski definition) is 12. The van der Waals surface area contributed by atoms with Gasteiger partial charge in [0.2, 0.25) is 17.6 Å². The van der Waals surface area contributed by atoms with Crippen LogP contribution in [0, 0.1) is 11.3 Å². The number of carbonyl (C=O) groups is 1.